The lowest BCUT2D eigenvalue weighted by atomic mass is 9.61. The van der Waals surface area contributed by atoms with Gasteiger partial charge in [-0.25, -0.2) is 18.7 Å². The van der Waals surface area contributed by atoms with Crippen molar-refractivity contribution < 1.29 is 40.9 Å². The van der Waals surface area contributed by atoms with Gasteiger partial charge in [-0.1, -0.05) is 19.9 Å². The van der Waals surface area contributed by atoms with Crippen molar-refractivity contribution in [2.24, 2.45) is 0 Å². The molecule has 188 valence electrons. The highest BCUT2D eigenvalue weighted by molar-refractivity contribution is 5.91. The lowest BCUT2D eigenvalue weighted by Crippen LogP contribution is -2.65. The molecule has 4 rings (SSSR count). The van der Waals surface area contributed by atoms with E-state index in [1.807, 2.05) is 0 Å². The van der Waals surface area contributed by atoms with Gasteiger partial charge in [-0.3, -0.25) is 0 Å². The summed E-state index contributed by atoms with van der Waals surface area (Å²) in [5.74, 6) is -8.30. The van der Waals surface area contributed by atoms with Crippen molar-refractivity contribution in [3.05, 3.63) is 59.0 Å². The molecule has 0 amide bonds. The summed E-state index contributed by atoms with van der Waals surface area (Å²) in [5.41, 5.74) is -6.50. The van der Waals surface area contributed by atoms with E-state index in [9.17, 15) is 40.9 Å². The Labute approximate surface area is 194 Å². The summed E-state index contributed by atoms with van der Waals surface area (Å²) >= 11 is 0. The van der Waals surface area contributed by atoms with Gasteiger partial charge in [-0.05, 0) is 42.5 Å². The number of aromatic hydroxyl groups is 1. The first kappa shape index (κ1) is 25.0. The van der Waals surface area contributed by atoms with E-state index >= 15 is 0 Å². The number of benzene rings is 2. The van der Waals surface area contributed by atoms with E-state index in [4.69, 9.17) is 0 Å². The standard InChI is InChI=1S/C23H20F7N3O2/c1-10-31-8-12-15(7-6-13(24)17(12)32-10)33-19-11-4-5-14(25)18(34)16(11)20(2,3)9-21(19,35)22(26,27)23(28,29)30/h4-8,19,33-35H,9H2,1-3H3. The zero-order chi connectivity index (χ0) is 26.1. The topological polar surface area (TPSA) is 78.3 Å². The monoisotopic (exact) mass is 503 g/mol. The first-order chi connectivity index (χ1) is 16.0. The molecule has 1 aliphatic rings. The number of anilines is 1. The number of nitrogens with one attached hydrogen (secondary N) is 1. The number of hydrogen-bond donors (Lipinski definition) is 3. The van der Waals surface area contributed by atoms with Crippen LogP contribution in [0.25, 0.3) is 10.9 Å². The molecule has 3 aromatic rings. The number of rotatable bonds is 3. The Morgan fingerprint density at radius 1 is 1.03 bits per heavy atom. The molecule has 0 radical (unpaired) electrons. The number of nitrogens with zero attached hydrogens (tertiary/aromatic N) is 2. The van der Waals surface area contributed by atoms with Crippen LogP contribution >= 0.6 is 0 Å². The Hall–Kier alpha value is -3.15. The number of alkyl halides is 5. The van der Waals surface area contributed by atoms with Crippen molar-refractivity contribution in [3.8, 4) is 5.75 Å². The maximum atomic E-state index is 15.0. The zero-order valence-electron chi connectivity index (χ0n) is 18.6. The second-order valence-corrected chi connectivity index (χ2v) is 9.27. The molecule has 1 heterocycles. The minimum absolute atomic E-state index is 0.0500. The minimum atomic E-state index is -6.15. The third-order valence-corrected chi connectivity index (χ3v) is 6.36. The molecule has 12 heteroatoms. The van der Waals surface area contributed by atoms with Crippen LogP contribution in [-0.2, 0) is 5.41 Å². The Balaban J connectivity index is 2.01. The maximum Gasteiger partial charge on any atom is 0.456 e. The predicted molar refractivity (Wildman–Crippen MR) is 112 cm³/mol. The van der Waals surface area contributed by atoms with Gasteiger partial charge in [0.1, 0.15) is 17.2 Å². The molecule has 5 nitrogen and oxygen atoms in total. The molecule has 1 aromatic heterocycles. The molecule has 0 bridgehead atoms. The predicted octanol–water partition coefficient (Wildman–Crippen LogP) is 5.69. The normalized spacial score (nSPS) is 22.2. The fraction of sp³-hybridized carbons (Fsp3) is 0.391. The van der Waals surface area contributed by atoms with Crippen LogP contribution in [0.3, 0.4) is 0 Å². The van der Waals surface area contributed by atoms with Crippen LogP contribution in [0.1, 0.15) is 43.3 Å². The highest BCUT2D eigenvalue weighted by Gasteiger charge is 2.74. The van der Waals surface area contributed by atoms with Crippen LogP contribution in [0.2, 0.25) is 0 Å². The van der Waals surface area contributed by atoms with E-state index in [-0.39, 0.29) is 33.5 Å². The molecule has 0 spiro atoms. The summed E-state index contributed by atoms with van der Waals surface area (Å²) in [6, 6.07) is 1.42. The lowest BCUT2D eigenvalue weighted by Gasteiger charge is -2.51. The number of hydrogen-bond acceptors (Lipinski definition) is 5. The van der Waals surface area contributed by atoms with Gasteiger partial charge in [0.25, 0.3) is 0 Å². The van der Waals surface area contributed by atoms with Gasteiger partial charge in [-0.2, -0.15) is 22.0 Å². The van der Waals surface area contributed by atoms with Crippen LogP contribution in [0.5, 0.6) is 5.75 Å². The van der Waals surface area contributed by atoms with Crippen molar-refractivity contribution >= 4 is 16.6 Å². The molecule has 0 fully saturated rings. The Kier molecular flexibility index (Phi) is 5.47. The van der Waals surface area contributed by atoms with E-state index in [0.717, 1.165) is 24.4 Å². The second-order valence-electron chi connectivity index (χ2n) is 9.27. The van der Waals surface area contributed by atoms with Gasteiger partial charge in [-0.15, -0.1) is 0 Å². The fourth-order valence-electron chi connectivity index (χ4n) is 4.85. The van der Waals surface area contributed by atoms with Crippen LogP contribution in [0.4, 0.5) is 36.4 Å². The Bertz CT molecular complexity index is 1330. The van der Waals surface area contributed by atoms with E-state index in [1.165, 1.54) is 20.8 Å². The zero-order valence-corrected chi connectivity index (χ0v) is 18.6. The van der Waals surface area contributed by atoms with Crippen LogP contribution < -0.4 is 5.32 Å². The number of phenolic OH excluding ortho intramolecular Hbond substituents is 1. The van der Waals surface area contributed by atoms with Crippen molar-refractivity contribution in [2.45, 2.75) is 56.3 Å². The van der Waals surface area contributed by atoms with Crippen LogP contribution in [0.15, 0.2) is 30.5 Å². The fourth-order valence-corrected chi connectivity index (χ4v) is 4.85. The summed E-state index contributed by atoms with van der Waals surface area (Å²) < 4.78 is 99.2. The third-order valence-electron chi connectivity index (χ3n) is 6.36. The molecular formula is C23H20F7N3O2. The summed E-state index contributed by atoms with van der Waals surface area (Å²) in [7, 11) is 0. The van der Waals surface area contributed by atoms with Crippen molar-refractivity contribution in [2.75, 3.05) is 5.32 Å². The SMILES string of the molecule is Cc1ncc2c(NC3c4ccc(F)c(O)c4C(C)(C)CC3(O)C(F)(F)C(F)(F)F)ccc(F)c2n1. The third kappa shape index (κ3) is 3.65. The van der Waals surface area contributed by atoms with Crippen molar-refractivity contribution in [1.29, 1.82) is 0 Å². The Morgan fingerprint density at radius 2 is 1.66 bits per heavy atom. The largest absolute Gasteiger partial charge is 0.505 e. The van der Waals surface area contributed by atoms with E-state index < -0.39 is 53.0 Å². The molecule has 0 saturated heterocycles. The molecule has 2 aromatic carbocycles. The summed E-state index contributed by atoms with van der Waals surface area (Å²) in [5, 5.41) is 23.9. The number of phenols is 1. The quantitative estimate of drug-likeness (QED) is 0.401. The number of fused-ring (bicyclic) bond motifs is 2. The van der Waals surface area contributed by atoms with E-state index in [1.54, 1.807) is 0 Å². The minimum Gasteiger partial charge on any atom is -0.505 e. The van der Waals surface area contributed by atoms with Gasteiger partial charge >= 0.3 is 12.1 Å². The molecular weight excluding hydrogens is 483 g/mol. The molecule has 0 saturated carbocycles. The van der Waals surface area contributed by atoms with E-state index in [2.05, 4.69) is 15.3 Å². The first-order valence-corrected chi connectivity index (χ1v) is 10.4. The van der Waals surface area contributed by atoms with Gasteiger partial charge in [0.2, 0.25) is 0 Å². The molecule has 0 aliphatic heterocycles. The van der Waals surface area contributed by atoms with Gasteiger partial charge in [0.05, 0.1) is 6.04 Å². The molecule has 2 unspecified atom stereocenters. The maximum absolute atomic E-state index is 15.0. The number of aromatic nitrogens is 2. The van der Waals surface area contributed by atoms with E-state index in [0.29, 0.717) is 6.07 Å². The van der Waals surface area contributed by atoms with Crippen molar-refractivity contribution in [3.63, 3.8) is 0 Å². The molecule has 35 heavy (non-hydrogen) atoms. The highest BCUT2D eigenvalue weighted by atomic mass is 19.4. The average molecular weight is 503 g/mol. The highest BCUT2D eigenvalue weighted by Crippen LogP contribution is 2.59. The number of aliphatic hydroxyl groups is 1. The Morgan fingerprint density at radius 3 is 2.29 bits per heavy atom. The molecule has 2 atom stereocenters. The lowest BCUT2D eigenvalue weighted by molar-refractivity contribution is -0.349. The van der Waals surface area contributed by atoms with Gasteiger partial charge in [0.15, 0.2) is 17.2 Å². The smallest absolute Gasteiger partial charge is 0.456 e. The number of halogens is 7. The van der Waals surface area contributed by atoms with Gasteiger partial charge < -0.3 is 15.5 Å². The second kappa shape index (κ2) is 7.67. The van der Waals surface area contributed by atoms with Gasteiger partial charge in [0, 0.05) is 22.8 Å². The molecule has 1 aliphatic carbocycles. The summed E-state index contributed by atoms with van der Waals surface area (Å²) in [6.07, 6.45) is -6.20. The van der Waals surface area contributed by atoms with Crippen LogP contribution in [0, 0.1) is 18.6 Å². The number of aryl methyl sites for hydroxylation is 1. The van der Waals surface area contributed by atoms with Crippen molar-refractivity contribution in [1.82, 2.24) is 9.97 Å². The summed E-state index contributed by atoms with van der Waals surface area (Å²) in [4.78, 5) is 7.86. The first-order valence-electron chi connectivity index (χ1n) is 10.4. The average Bonchev–Trinajstić information content (AvgIpc) is 2.73. The molecule has 3 N–H and O–H groups in total. The van der Waals surface area contributed by atoms with Crippen LogP contribution in [-0.4, -0.2) is 37.9 Å². The summed E-state index contributed by atoms with van der Waals surface area (Å²) in [6.45, 7) is 3.89.